The summed E-state index contributed by atoms with van der Waals surface area (Å²) in [5.41, 5.74) is 1.35. The second-order valence-electron chi connectivity index (χ2n) is 4.33. The second-order valence-corrected chi connectivity index (χ2v) is 5.24. The van der Waals surface area contributed by atoms with E-state index in [1.807, 2.05) is 13.1 Å². The van der Waals surface area contributed by atoms with Gasteiger partial charge in [-0.15, -0.1) is 11.3 Å². The zero-order valence-electron chi connectivity index (χ0n) is 10.3. The predicted molar refractivity (Wildman–Crippen MR) is 76.1 cm³/mol. The van der Waals surface area contributed by atoms with Crippen molar-refractivity contribution in [3.05, 3.63) is 58.9 Å². The smallest absolute Gasteiger partial charge is 0.117 e. The second kappa shape index (κ2) is 4.96. The molecule has 3 aromatic rings. The molecule has 3 rings (SSSR count). The molecule has 0 saturated carbocycles. The summed E-state index contributed by atoms with van der Waals surface area (Å²) in [6.07, 6.45) is 0.869. The van der Waals surface area contributed by atoms with Gasteiger partial charge in [0.1, 0.15) is 11.5 Å². The molecule has 0 aliphatic carbocycles. The minimum Gasteiger partial charge on any atom is -0.464 e. The van der Waals surface area contributed by atoms with Crippen LogP contribution < -0.4 is 5.32 Å². The summed E-state index contributed by atoms with van der Waals surface area (Å²) in [6.45, 7) is 0.782. The Balaban J connectivity index is 1.87. The summed E-state index contributed by atoms with van der Waals surface area (Å²) in [5.74, 6) is 2.02. The van der Waals surface area contributed by atoms with Gasteiger partial charge in [0.25, 0.3) is 0 Å². The Hall–Kier alpha value is -1.58. The minimum absolute atomic E-state index is 0.782. The number of hydrogen-bond donors (Lipinski definition) is 1. The Kier molecular flexibility index (Phi) is 3.17. The van der Waals surface area contributed by atoms with Gasteiger partial charge >= 0.3 is 0 Å². The quantitative estimate of drug-likeness (QED) is 0.769. The van der Waals surface area contributed by atoms with Gasteiger partial charge < -0.3 is 9.73 Å². The fourth-order valence-corrected chi connectivity index (χ4v) is 3.11. The van der Waals surface area contributed by atoms with Gasteiger partial charge in [-0.25, -0.2) is 0 Å². The molecular weight excluding hydrogens is 242 g/mol. The summed E-state index contributed by atoms with van der Waals surface area (Å²) in [4.78, 5) is 0. The van der Waals surface area contributed by atoms with Crippen LogP contribution in [0.3, 0.4) is 0 Å². The highest BCUT2D eigenvalue weighted by Gasteiger charge is 2.07. The first-order chi connectivity index (χ1) is 8.86. The van der Waals surface area contributed by atoms with Gasteiger partial charge in [0.2, 0.25) is 0 Å². The number of furan rings is 1. The number of nitrogens with one attached hydrogen (secondary N) is 1. The molecule has 0 atom stereocenters. The van der Waals surface area contributed by atoms with Crippen LogP contribution in [0.25, 0.3) is 10.1 Å². The first-order valence-corrected chi connectivity index (χ1v) is 6.92. The molecule has 1 aromatic carbocycles. The van der Waals surface area contributed by atoms with E-state index in [9.17, 15) is 0 Å². The summed E-state index contributed by atoms with van der Waals surface area (Å²) < 4.78 is 7.13. The zero-order chi connectivity index (χ0) is 12.4. The minimum atomic E-state index is 0.782. The molecule has 0 aliphatic heterocycles. The van der Waals surface area contributed by atoms with Crippen molar-refractivity contribution in [3.8, 4) is 0 Å². The lowest BCUT2D eigenvalue weighted by atomic mass is 10.1. The number of thiophene rings is 1. The van der Waals surface area contributed by atoms with E-state index in [0.717, 1.165) is 24.5 Å². The Labute approximate surface area is 110 Å². The normalized spacial score (nSPS) is 11.2. The molecule has 0 fully saturated rings. The van der Waals surface area contributed by atoms with E-state index >= 15 is 0 Å². The molecule has 0 bridgehead atoms. The third-order valence-electron chi connectivity index (χ3n) is 2.99. The third kappa shape index (κ3) is 2.19. The number of fused-ring (bicyclic) bond motifs is 1. The summed E-state index contributed by atoms with van der Waals surface area (Å²) in [7, 11) is 1.93. The van der Waals surface area contributed by atoms with Crippen LogP contribution in [0, 0.1) is 0 Å². The molecule has 3 heteroatoms. The maximum Gasteiger partial charge on any atom is 0.117 e. The van der Waals surface area contributed by atoms with E-state index in [0.29, 0.717) is 0 Å². The number of benzene rings is 1. The molecule has 0 aliphatic rings. The fourth-order valence-electron chi connectivity index (χ4n) is 2.14. The maximum atomic E-state index is 5.79. The lowest BCUT2D eigenvalue weighted by molar-refractivity contribution is 0.462. The number of rotatable bonds is 4. The lowest BCUT2D eigenvalue weighted by Gasteiger charge is -1.97. The standard InChI is InChI=1S/C15H15NOS/c1-16-9-13-7-6-12(17-13)8-11-10-18-15-5-3-2-4-14(11)15/h2-7,10,16H,8-9H2,1H3. The molecule has 1 N–H and O–H groups in total. The van der Waals surface area contributed by atoms with Gasteiger partial charge in [-0.05, 0) is 41.6 Å². The van der Waals surface area contributed by atoms with Gasteiger partial charge in [-0.3, -0.25) is 0 Å². The molecule has 2 heterocycles. The van der Waals surface area contributed by atoms with E-state index < -0.39 is 0 Å². The van der Waals surface area contributed by atoms with Gasteiger partial charge in [0.05, 0.1) is 6.54 Å². The highest BCUT2D eigenvalue weighted by Crippen LogP contribution is 2.27. The molecule has 0 amide bonds. The van der Waals surface area contributed by atoms with E-state index in [1.54, 1.807) is 11.3 Å². The first-order valence-electron chi connectivity index (χ1n) is 6.04. The van der Waals surface area contributed by atoms with Crippen LogP contribution in [0.2, 0.25) is 0 Å². The van der Waals surface area contributed by atoms with E-state index in [1.165, 1.54) is 15.6 Å². The average molecular weight is 257 g/mol. The van der Waals surface area contributed by atoms with Crippen molar-refractivity contribution in [1.82, 2.24) is 5.32 Å². The summed E-state index contributed by atoms with van der Waals surface area (Å²) in [5, 5.41) is 6.66. The zero-order valence-corrected chi connectivity index (χ0v) is 11.1. The Morgan fingerprint density at radius 2 is 1.94 bits per heavy atom. The lowest BCUT2D eigenvalue weighted by Crippen LogP contribution is -2.03. The number of hydrogen-bond acceptors (Lipinski definition) is 3. The molecule has 92 valence electrons. The largest absolute Gasteiger partial charge is 0.464 e. The molecule has 0 radical (unpaired) electrons. The van der Waals surface area contributed by atoms with Crippen LogP contribution in [-0.2, 0) is 13.0 Å². The van der Waals surface area contributed by atoms with Crippen LogP contribution in [0.1, 0.15) is 17.1 Å². The maximum absolute atomic E-state index is 5.79. The van der Waals surface area contributed by atoms with Crippen LogP contribution in [0.5, 0.6) is 0 Å². The third-order valence-corrected chi connectivity index (χ3v) is 4.01. The van der Waals surface area contributed by atoms with Crippen LogP contribution in [0.4, 0.5) is 0 Å². The van der Waals surface area contributed by atoms with Crippen molar-refractivity contribution >= 4 is 21.4 Å². The molecule has 0 spiro atoms. The van der Waals surface area contributed by atoms with E-state index in [4.69, 9.17) is 4.42 Å². The van der Waals surface area contributed by atoms with Crippen molar-refractivity contribution in [3.63, 3.8) is 0 Å². The van der Waals surface area contributed by atoms with Crippen molar-refractivity contribution < 1.29 is 4.42 Å². The van der Waals surface area contributed by atoms with Gasteiger partial charge in [0.15, 0.2) is 0 Å². The molecule has 2 nitrogen and oxygen atoms in total. The Morgan fingerprint density at radius 3 is 2.83 bits per heavy atom. The Bertz CT molecular complexity index is 653. The van der Waals surface area contributed by atoms with Gasteiger partial charge in [-0.1, -0.05) is 18.2 Å². The summed E-state index contributed by atoms with van der Waals surface area (Å²) >= 11 is 1.80. The fraction of sp³-hybridized carbons (Fsp3) is 0.200. The van der Waals surface area contributed by atoms with Gasteiger partial charge in [-0.2, -0.15) is 0 Å². The highest BCUT2D eigenvalue weighted by molar-refractivity contribution is 7.17. The van der Waals surface area contributed by atoms with E-state index in [2.05, 4.69) is 41.0 Å². The van der Waals surface area contributed by atoms with Crippen LogP contribution >= 0.6 is 11.3 Å². The Morgan fingerprint density at radius 1 is 1.11 bits per heavy atom. The van der Waals surface area contributed by atoms with Gasteiger partial charge in [0, 0.05) is 11.1 Å². The molecule has 0 unspecified atom stereocenters. The molecular formula is C15H15NOS. The highest BCUT2D eigenvalue weighted by atomic mass is 32.1. The topological polar surface area (TPSA) is 25.2 Å². The SMILES string of the molecule is CNCc1ccc(Cc2csc3ccccc23)o1. The monoisotopic (exact) mass is 257 g/mol. The molecule has 18 heavy (non-hydrogen) atoms. The van der Waals surface area contributed by atoms with Crippen molar-refractivity contribution in [2.75, 3.05) is 7.05 Å². The van der Waals surface area contributed by atoms with Crippen molar-refractivity contribution in [2.45, 2.75) is 13.0 Å². The summed E-state index contributed by atoms with van der Waals surface area (Å²) in [6, 6.07) is 12.6. The van der Waals surface area contributed by atoms with E-state index in [-0.39, 0.29) is 0 Å². The predicted octanol–water partition coefficient (Wildman–Crippen LogP) is 3.80. The first kappa shape index (κ1) is 11.5. The van der Waals surface area contributed by atoms with Crippen molar-refractivity contribution in [2.24, 2.45) is 0 Å². The molecule has 0 saturated heterocycles. The van der Waals surface area contributed by atoms with Crippen LogP contribution in [0.15, 0.2) is 46.2 Å². The van der Waals surface area contributed by atoms with Crippen LogP contribution in [-0.4, -0.2) is 7.05 Å². The van der Waals surface area contributed by atoms with Crippen molar-refractivity contribution in [1.29, 1.82) is 0 Å². The average Bonchev–Trinajstić information content (AvgIpc) is 2.99. The molecule has 2 aromatic heterocycles.